The Balaban J connectivity index is 2.95. The lowest BCUT2D eigenvalue weighted by molar-refractivity contribution is -0.138. The molecular formula is C12H13BrF3NO2. The zero-order valence-corrected chi connectivity index (χ0v) is 11.8. The average Bonchev–Trinajstić information content (AvgIpc) is 2.28. The smallest absolute Gasteiger partial charge is 0.383 e. The highest BCUT2D eigenvalue weighted by atomic mass is 79.9. The van der Waals surface area contributed by atoms with Crippen molar-refractivity contribution >= 4 is 27.5 Å². The zero-order valence-electron chi connectivity index (χ0n) is 10.3. The van der Waals surface area contributed by atoms with Crippen LogP contribution in [0.1, 0.15) is 19.4 Å². The Labute approximate surface area is 116 Å². The van der Waals surface area contributed by atoms with Crippen molar-refractivity contribution in [1.29, 1.82) is 0 Å². The van der Waals surface area contributed by atoms with Crippen LogP contribution in [0.25, 0.3) is 0 Å². The number of amides is 1. The van der Waals surface area contributed by atoms with Crippen molar-refractivity contribution < 1.29 is 23.1 Å². The minimum Gasteiger partial charge on any atom is -0.383 e. The molecule has 19 heavy (non-hydrogen) atoms. The minimum absolute atomic E-state index is 0.0137. The van der Waals surface area contributed by atoms with Gasteiger partial charge in [-0.1, -0.05) is 29.8 Å². The molecule has 0 saturated heterocycles. The summed E-state index contributed by atoms with van der Waals surface area (Å²) in [6.45, 7) is 3.26. The fourth-order valence-corrected chi connectivity index (χ4v) is 1.81. The van der Waals surface area contributed by atoms with E-state index in [1.54, 1.807) is 13.8 Å². The molecule has 1 rings (SSSR count). The van der Waals surface area contributed by atoms with Gasteiger partial charge in [-0.2, -0.15) is 13.2 Å². The quantitative estimate of drug-likeness (QED) is 0.886. The van der Waals surface area contributed by atoms with Crippen molar-refractivity contribution in [3.8, 4) is 0 Å². The highest BCUT2D eigenvalue weighted by Crippen LogP contribution is 2.36. The molecule has 3 nitrogen and oxygen atoms in total. The second-order valence-electron chi connectivity index (χ2n) is 4.37. The number of carbonyl (C=O) groups excluding carboxylic acids is 1. The Morgan fingerprint density at radius 1 is 1.37 bits per heavy atom. The molecular weight excluding hydrogens is 327 g/mol. The second kappa shape index (κ2) is 5.92. The molecule has 1 amide bonds. The van der Waals surface area contributed by atoms with E-state index in [2.05, 4.69) is 21.2 Å². The van der Waals surface area contributed by atoms with Crippen molar-refractivity contribution in [3.05, 3.63) is 28.2 Å². The van der Waals surface area contributed by atoms with E-state index >= 15 is 0 Å². The van der Waals surface area contributed by atoms with E-state index in [1.165, 1.54) is 12.1 Å². The minimum atomic E-state index is -4.52. The molecule has 0 radical (unpaired) electrons. The number of nitrogens with one attached hydrogen (secondary N) is 1. The summed E-state index contributed by atoms with van der Waals surface area (Å²) in [5.74, 6) is -1.05. The number of hydrogen-bond acceptors (Lipinski definition) is 2. The molecule has 0 saturated carbocycles. The third-order valence-corrected chi connectivity index (χ3v) is 3.13. The molecule has 0 fully saturated rings. The van der Waals surface area contributed by atoms with E-state index in [-0.39, 0.29) is 16.1 Å². The Bertz CT molecular complexity index is 475. The van der Waals surface area contributed by atoms with Gasteiger partial charge in [0.05, 0.1) is 5.56 Å². The highest BCUT2D eigenvalue weighted by molar-refractivity contribution is 9.10. The zero-order chi connectivity index (χ0) is 14.8. The fraction of sp³-hybridized carbons (Fsp3) is 0.417. The van der Waals surface area contributed by atoms with Crippen molar-refractivity contribution in [1.82, 2.24) is 0 Å². The number of alkyl halides is 3. The maximum Gasteiger partial charge on any atom is 0.417 e. The Morgan fingerprint density at radius 2 is 1.95 bits per heavy atom. The van der Waals surface area contributed by atoms with Crippen LogP contribution < -0.4 is 5.32 Å². The van der Waals surface area contributed by atoms with Gasteiger partial charge < -0.3 is 10.4 Å². The van der Waals surface area contributed by atoms with Gasteiger partial charge in [0.25, 0.3) is 5.91 Å². The number of aliphatic hydroxyl groups is 1. The summed E-state index contributed by atoms with van der Waals surface area (Å²) < 4.78 is 37.9. The number of halogens is 4. The van der Waals surface area contributed by atoms with Gasteiger partial charge in [-0.05, 0) is 24.1 Å². The first-order chi connectivity index (χ1) is 8.62. The topological polar surface area (TPSA) is 49.3 Å². The normalized spacial score (nSPS) is 13.5. The molecule has 0 spiro atoms. The average molecular weight is 340 g/mol. The van der Waals surface area contributed by atoms with Gasteiger partial charge in [-0.15, -0.1) is 0 Å². The molecule has 0 aromatic heterocycles. The highest BCUT2D eigenvalue weighted by Gasteiger charge is 2.33. The number of benzene rings is 1. The van der Waals surface area contributed by atoms with E-state index in [4.69, 9.17) is 0 Å². The van der Waals surface area contributed by atoms with E-state index in [0.29, 0.717) is 0 Å². The lowest BCUT2D eigenvalue weighted by Gasteiger charge is -2.16. The Hall–Kier alpha value is -1.08. The van der Waals surface area contributed by atoms with E-state index < -0.39 is 23.8 Å². The lowest BCUT2D eigenvalue weighted by Crippen LogP contribution is -2.32. The van der Waals surface area contributed by atoms with Crippen LogP contribution in [0, 0.1) is 5.92 Å². The number of carbonyl (C=O) groups is 1. The van der Waals surface area contributed by atoms with Crippen LogP contribution in [0.15, 0.2) is 22.7 Å². The Kier molecular flexibility index (Phi) is 4.98. The third kappa shape index (κ3) is 4.21. The molecule has 0 aliphatic carbocycles. The number of rotatable bonds is 3. The number of anilines is 1. The summed E-state index contributed by atoms with van der Waals surface area (Å²) in [5, 5.41) is 11.7. The van der Waals surface area contributed by atoms with Crippen LogP contribution in [0.4, 0.5) is 18.9 Å². The predicted octanol–water partition coefficient (Wildman–Crippen LogP) is 3.42. The summed E-state index contributed by atoms with van der Waals surface area (Å²) in [6.07, 6.45) is -5.78. The molecule has 7 heteroatoms. The fourth-order valence-electron chi connectivity index (χ4n) is 1.34. The molecule has 1 atom stereocenters. The summed E-state index contributed by atoms with van der Waals surface area (Å²) in [4.78, 5) is 11.5. The first-order valence-corrected chi connectivity index (χ1v) is 6.28. The SMILES string of the molecule is CC(C)C(O)C(=O)Nc1ccc(Br)c(C(F)(F)F)c1. The molecule has 0 aliphatic heterocycles. The maximum absolute atomic E-state index is 12.7. The third-order valence-electron chi connectivity index (χ3n) is 2.44. The van der Waals surface area contributed by atoms with Crippen LogP contribution in [-0.4, -0.2) is 17.1 Å². The van der Waals surface area contributed by atoms with Gasteiger partial charge >= 0.3 is 6.18 Å². The van der Waals surface area contributed by atoms with Crippen LogP contribution in [0.2, 0.25) is 0 Å². The molecule has 0 aliphatic rings. The first-order valence-electron chi connectivity index (χ1n) is 5.48. The lowest BCUT2D eigenvalue weighted by atomic mass is 10.1. The largest absolute Gasteiger partial charge is 0.417 e. The van der Waals surface area contributed by atoms with E-state index in [9.17, 15) is 23.1 Å². The van der Waals surface area contributed by atoms with E-state index in [0.717, 1.165) is 6.07 Å². The van der Waals surface area contributed by atoms with Crippen LogP contribution in [0.3, 0.4) is 0 Å². The van der Waals surface area contributed by atoms with Gasteiger partial charge in [0, 0.05) is 10.2 Å². The molecule has 2 N–H and O–H groups in total. The van der Waals surface area contributed by atoms with Crippen molar-refractivity contribution in [3.63, 3.8) is 0 Å². The van der Waals surface area contributed by atoms with Crippen molar-refractivity contribution in [2.45, 2.75) is 26.1 Å². The number of aliphatic hydroxyl groups excluding tert-OH is 1. The van der Waals surface area contributed by atoms with Gasteiger partial charge in [0.2, 0.25) is 0 Å². The van der Waals surface area contributed by atoms with E-state index in [1.807, 2.05) is 0 Å². The molecule has 0 bridgehead atoms. The summed E-state index contributed by atoms with van der Waals surface area (Å²) >= 11 is 2.80. The summed E-state index contributed by atoms with van der Waals surface area (Å²) in [5.41, 5.74) is -0.899. The van der Waals surface area contributed by atoms with Gasteiger partial charge in [-0.25, -0.2) is 0 Å². The molecule has 1 unspecified atom stereocenters. The molecule has 106 valence electrons. The summed E-state index contributed by atoms with van der Waals surface area (Å²) in [6, 6.07) is 3.33. The molecule has 1 aromatic rings. The Morgan fingerprint density at radius 3 is 2.42 bits per heavy atom. The molecule has 0 heterocycles. The standard InChI is InChI=1S/C12H13BrF3NO2/c1-6(2)10(18)11(19)17-7-3-4-9(13)8(5-7)12(14,15)16/h3-6,10,18H,1-2H3,(H,17,19). The molecule has 1 aromatic carbocycles. The number of hydrogen-bond donors (Lipinski definition) is 2. The second-order valence-corrected chi connectivity index (χ2v) is 5.22. The van der Waals surface area contributed by atoms with Crippen molar-refractivity contribution in [2.24, 2.45) is 5.92 Å². The monoisotopic (exact) mass is 339 g/mol. The van der Waals surface area contributed by atoms with Gasteiger partial charge in [0.1, 0.15) is 6.10 Å². The van der Waals surface area contributed by atoms with Gasteiger partial charge in [-0.3, -0.25) is 4.79 Å². The van der Waals surface area contributed by atoms with Crippen LogP contribution >= 0.6 is 15.9 Å². The summed E-state index contributed by atoms with van der Waals surface area (Å²) in [7, 11) is 0. The van der Waals surface area contributed by atoms with Crippen LogP contribution in [-0.2, 0) is 11.0 Å². The van der Waals surface area contributed by atoms with Crippen LogP contribution in [0.5, 0.6) is 0 Å². The van der Waals surface area contributed by atoms with Gasteiger partial charge in [0.15, 0.2) is 0 Å². The van der Waals surface area contributed by atoms with Crippen molar-refractivity contribution in [2.75, 3.05) is 5.32 Å². The maximum atomic E-state index is 12.7. The first kappa shape index (κ1) is 16.0. The predicted molar refractivity (Wildman–Crippen MR) is 68.6 cm³/mol.